The minimum atomic E-state index is 0.308. The average molecular weight is 260 g/mol. The Bertz CT molecular complexity index is 392. The predicted molar refractivity (Wildman–Crippen MR) is 82.3 cm³/mol. The van der Waals surface area contributed by atoms with Crippen molar-refractivity contribution >= 4 is 0 Å². The Hall–Kier alpha value is -0.860. The molecular formula is C17H28N2. The van der Waals surface area contributed by atoms with Gasteiger partial charge in [-0.1, -0.05) is 43.9 Å². The largest absolute Gasteiger partial charge is 0.329 e. The third-order valence-corrected chi connectivity index (χ3v) is 4.46. The summed E-state index contributed by atoms with van der Waals surface area (Å²) in [6.45, 7) is 5.02. The molecule has 0 amide bonds. The Balaban J connectivity index is 2.03. The van der Waals surface area contributed by atoms with Gasteiger partial charge in [0, 0.05) is 18.6 Å². The first kappa shape index (κ1) is 14.5. The lowest BCUT2D eigenvalue weighted by molar-refractivity contribution is 0.402. The summed E-state index contributed by atoms with van der Waals surface area (Å²) >= 11 is 0. The van der Waals surface area contributed by atoms with E-state index in [1.54, 1.807) is 0 Å². The maximum Gasteiger partial charge on any atom is 0.0446 e. The minimum Gasteiger partial charge on any atom is -0.329 e. The van der Waals surface area contributed by atoms with Crippen LogP contribution in [0.25, 0.3) is 0 Å². The summed E-state index contributed by atoms with van der Waals surface area (Å²) in [5.74, 6) is 0. The van der Waals surface area contributed by atoms with Gasteiger partial charge in [-0.15, -0.1) is 0 Å². The molecule has 19 heavy (non-hydrogen) atoms. The maximum absolute atomic E-state index is 5.99. The van der Waals surface area contributed by atoms with Gasteiger partial charge in [0.05, 0.1) is 0 Å². The second-order valence-corrected chi connectivity index (χ2v) is 5.99. The molecule has 1 saturated carbocycles. The Morgan fingerprint density at radius 1 is 1.11 bits per heavy atom. The molecule has 0 radical (unpaired) electrons. The molecule has 1 unspecified atom stereocenters. The zero-order chi connectivity index (χ0) is 13.7. The average Bonchev–Trinajstić information content (AvgIpc) is 2.68. The molecule has 0 saturated heterocycles. The second-order valence-electron chi connectivity index (χ2n) is 5.99. The Morgan fingerprint density at radius 2 is 1.79 bits per heavy atom. The first-order chi connectivity index (χ1) is 9.20. The van der Waals surface area contributed by atoms with Crippen LogP contribution in [0.3, 0.4) is 0 Å². The van der Waals surface area contributed by atoms with Crippen LogP contribution in [0.1, 0.15) is 61.3 Å². The molecule has 1 fully saturated rings. The lowest BCUT2D eigenvalue weighted by Gasteiger charge is -2.25. The summed E-state index contributed by atoms with van der Waals surface area (Å²) in [5.41, 5.74) is 10.0. The quantitative estimate of drug-likeness (QED) is 0.812. The lowest BCUT2D eigenvalue weighted by Crippen LogP contribution is -2.36. The molecule has 0 aromatic heterocycles. The van der Waals surface area contributed by atoms with E-state index in [-0.39, 0.29) is 0 Å². The molecule has 0 aliphatic heterocycles. The summed E-state index contributed by atoms with van der Waals surface area (Å²) in [7, 11) is 0. The molecule has 1 atom stereocenters. The fourth-order valence-corrected chi connectivity index (χ4v) is 3.01. The van der Waals surface area contributed by atoms with Crippen molar-refractivity contribution in [2.75, 3.05) is 6.54 Å². The van der Waals surface area contributed by atoms with Crippen LogP contribution in [-0.2, 0) is 0 Å². The van der Waals surface area contributed by atoms with Gasteiger partial charge >= 0.3 is 0 Å². The zero-order valence-electron chi connectivity index (χ0n) is 12.4. The first-order valence-electron chi connectivity index (χ1n) is 7.74. The molecule has 1 aromatic carbocycles. The lowest BCUT2D eigenvalue weighted by atomic mass is 9.99. The Morgan fingerprint density at radius 3 is 2.37 bits per heavy atom. The third kappa shape index (κ3) is 4.05. The highest BCUT2D eigenvalue weighted by atomic mass is 15.0. The highest BCUT2D eigenvalue weighted by Crippen LogP contribution is 2.22. The minimum absolute atomic E-state index is 0.308. The van der Waals surface area contributed by atoms with Gasteiger partial charge in [0.2, 0.25) is 0 Å². The fraction of sp³-hybridized carbons (Fsp3) is 0.647. The number of hydrogen-bond acceptors (Lipinski definition) is 2. The normalized spacial score (nSPS) is 19.1. The molecule has 2 rings (SSSR count). The smallest absolute Gasteiger partial charge is 0.0446 e. The van der Waals surface area contributed by atoms with Gasteiger partial charge < -0.3 is 11.1 Å². The highest BCUT2D eigenvalue weighted by Gasteiger charge is 2.17. The molecule has 0 spiro atoms. The van der Waals surface area contributed by atoms with E-state index in [0.717, 1.165) is 0 Å². The van der Waals surface area contributed by atoms with Crippen molar-refractivity contribution < 1.29 is 0 Å². The molecule has 106 valence electrons. The third-order valence-electron chi connectivity index (χ3n) is 4.46. The van der Waals surface area contributed by atoms with Crippen LogP contribution in [0.2, 0.25) is 0 Å². The maximum atomic E-state index is 5.99. The summed E-state index contributed by atoms with van der Waals surface area (Å²) in [6, 6.07) is 7.68. The standard InChI is InChI=1S/C17H28N2/c1-13-9-10-15(11-14(13)2)17(12-18)19-16-7-5-3-4-6-8-16/h9-11,16-17,19H,3-8,12,18H2,1-2H3. The van der Waals surface area contributed by atoms with E-state index in [1.165, 1.54) is 55.2 Å². The van der Waals surface area contributed by atoms with Crippen molar-refractivity contribution in [2.45, 2.75) is 64.5 Å². The van der Waals surface area contributed by atoms with Crippen LogP contribution < -0.4 is 11.1 Å². The molecular weight excluding hydrogens is 232 g/mol. The number of hydrogen-bond donors (Lipinski definition) is 2. The molecule has 0 bridgehead atoms. The summed E-state index contributed by atoms with van der Waals surface area (Å²) in [4.78, 5) is 0. The Kier molecular flexibility index (Phi) is 5.41. The van der Waals surface area contributed by atoms with Crippen molar-refractivity contribution in [1.29, 1.82) is 0 Å². The van der Waals surface area contributed by atoms with E-state index >= 15 is 0 Å². The number of nitrogens with two attached hydrogens (primary N) is 1. The monoisotopic (exact) mass is 260 g/mol. The van der Waals surface area contributed by atoms with E-state index in [0.29, 0.717) is 18.6 Å². The molecule has 2 heteroatoms. The van der Waals surface area contributed by atoms with Gasteiger partial charge in [0.25, 0.3) is 0 Å². The van der Waals surface area contributed by atoms with Crippen LogP contribution in [0, 0.1) is 13.8 Å². The highest BCUT2D eigenvalue weighted by molar-refractivity contribution is 5.32. The van der Waals surface area contributed by atoms with E-state index in [2.05, 4.69) is 37.4 Å². The molecule has 1 aliphatic rings. The van der Waals surface area contributed by atoms with Crippen LogP contribution in [0.4, 0.5) is 0 Å². The van der Waals surface area contributed by atoms with Gasteiger partial charge in [0.1, 0.15) is 0 Å². The van der Waals surface area contributed by atoms with Crippen molar-refractivity contribution in [3.8, 4) is 0 Å². The number of aryl methyl sites for hydroxylation is 2. The Labute approximate surface area is 117 Å². The van der Waals surface area contributed by atoms with Gasteiger partial charge in [-0.25, -0.2) is 0 Å². The van der Waals surface area contributed by atoms with Crippen molar-refractivity contribution in [2.24, 2.45) is 5.73 Å². The molecule has 0 heterocycles. The molecule has 1 aliphatic carbocycles. The second kappa shape index (κ2) is 7.06. The van der Waals surface area contributed by atoms with Crippen LogP contribution in [0.15, 0.2) is 18.2 Å². The summed E-state index contributed by atoms with van der Waals surface area (Å²) in [6.07, 6.45) is 8.14. The van der Waals surface area contributed by atoms with E-state index in [4.69, 9.17) is 5.73 Å². The van der Waals surface area contributed by atoms with Crippen LogP contribution in [-0.4, -0.2) is 12.6 Å². The number of rotatable bonds is 4. The molecule has 2 nitrogen and oxygen atoms in total. The number of benzene rings is 1. The van der Waals surface area contributed by atoms with Gasteiger partial charge in [-0.3, -0.25) is 0 Å². The summed E-state index contributed by atoms with van der Waals surface area (Å²) in [5, 5.41) is 3.78. The van der Waals surface area contributed by atoms with Crippen molar-refractivity contribution in [3.05, 3.63) is 34.9 Å². The van der Waals surface area contributed by atoms with Crippen LogP contribution >= 0.6 is 0 Å². The topological polar surface area (TPSA) is 38.0 Å². The fourth-order valence-electron chi connectivity index (χ4n) is 3.01. The molecule has 1 aromatic rings. The van der Waals surface area contributed by atoms with Crippen molar-refractivity contribution in [1.82, 2.24) is 5.32 Å². The number of nitrogens with one attached hydrogen (secondary N) is 1. The van der Waals surface area contributed by atoms with Gasteiger partial charge in [-0.2, -0.15) is 0 Å². The van der Waals surface area contributed by atoms with Gasteiger partial charge in [-0.05, 0) is 43.4 Å². The van der Waals surface area contributed by atoms with E-state index in [1.807, 2.05) is 0 Å². The predicted octanol–water partition coefficient (Wildman–Crippen LogP) is 3.62. The zero-order valence-corrected chi connectivity index (χ0v) is 12.4. The van der Waals surface area contributed by atoms with Gasteiger partial charge in [0.15, 0.2) is 0 Å². The molecule has 3 N–H and O–H groups in total. The van der Waals surface area contributed by atoms with Crippen molar-refractivity contribution in [3.63, 3.8) is 0 Å². The van der Waals surface area contributed by atoms with E-state index < -0.39 is 0 Å². The SMILES string of the molecule is Cc1ccc(C(CN)NC2CCCCCC2)cc1C. The van der Waals surface area contributed by atoms with Crippen LogP contribution in [0.5, 0.6) is 0 Å². The van der Waals surface area contributed by atoms with E-state index in [9.17, 15) is 0 Å². The summed E-state index contributed by atoms with van der Waals surface area (Å²) < 4.78 is 0. The first-order valence-corrected chi connectivity index (χ1v) is 7.74.